The number of ether oxygens (including phenoxy) is 1. The van der Waals surface area contributed by atoms with E-state index in [4.69, 9.17) is 9.15 Å². The van der Waals surface area contributed by atoms with Gasteiger partial charge in [-0.1, -0.05) is 0 Å². The minimum Gasteiger partial charge on any atom is -0.468 e. The number of esters is 1. The van der Waals surface area contributed by atoms with E-state index in [-0.39, 0.29) is 12.4 Å². The van der Waals surface area contributed by atoms with Crippen molar-refractivity contribution in [2.75, 3.05) is 12.4 Å². The van der Waals surface area contributed by atoms with Gasteiger partial charge in [0.25, 0.3) is 0 Å². The summed E-state index contributed by atoms with van der Waals surface area (Å²) >= 11 is 1.47. The van der Waals surface area contributed by atoms with Gasteiger partial charge in [-0.3, -0.25) is 4.79 Å². The number of hydrogen-bond acceptors (Lipinski definition) is 5. The predicted octanol–water partition coefficient (Wildman–Crippen LogP) is 1.99. The van der Waals surface area contributed by atoms with Crippen molar-refractivity contribution in [2.24, 2.45) is 0 Å². The minimum atomic E-state index is -0.682. The van der Waals surface area contributed by atoms with E-state index >= 15 is 0 Å². The molecule has 5 heteroatoms. The molecule has 0 saturated heterocycles. The molecule has 0 aliphatic rings. The molecule has 1 heterocycles. The molecule has 16 heavy (non-hydrogen) atoms. The van der Waals surface area contributed by atoms with E-state index in [1.807, 2.05) is 13.0 Å². The number of thioether (sulfide) groups is 1. The lowest BCUT2D eigenvalue weighted by molar-refractivity contribution is -0.144. The van der Waals surface area contributed by atoms with E-state index in [0.29, 0.717) is 12.4 Å². The molecule has 0 aliphatic carbocycles. The molecular formula is C11H16O4S. The Kier molecular flexibility index (Phi) is 5.42. The number of hydrogen-bond donors (Lipinski definition) is 1. The van der Waals surface area contributed by atoms with Gasteiger partial charge in [-0.15, -0.1) is 11.8 Å². The first kappa shape index (κ1) is 13.1. The maximum absolute atomic E-state index is 11.1. The summed E-state index contributed by atoms with van der Waals surface area (Å²) < 4.78 is 9.87. The molecule has 1 rings (SSSR count). The van der Waals surface area contributed by atoms with Gasteiger partial charge in [0.05, 0.1) is 25.4 Å². The molecule has 0 saturated carbocycles. The summed E-state index contributed by atoms with van der Waals surface area (Å²) in [4.78, 5) is 12.1. The van der Waals surface area contributed by atoms with Crippen LogP contribution in [-0.4, -0.2) is 29.5 Å². The summed E-state index contributed by atoms with van der Waals surface area (Å²) in [5, 5.41) is 9.58. The van der Waals surface area contributed by atoms with Crippen molar-refractivity contribution < 1.29 is 19.1 Å². The van der Waals surface area contributed by atoms with Crippen molar-refractivity contribution in [3.05, 3.63) is 18.1 Å². The molecule has 0 amide bonds. The fraction of sp³-hybridized carbons (Fsp3) is 0.545. The van der Waals surface area contributed by atoms with E-state index < -0.39 is 6.10 Å². The molecule has 90 valence electrons. The smallest absolute Gasteiger partial charge is 0.308 e. The molecule has 1 atom stereocenters. The Labute approximate surface area is 99.0 Å². The van der Waals surface area contributed by atoms with Crippen LogP contribution in [0.25, 0.3) is 0 Å². The fourth-order valence-corrected chi connectivity index (χ4v) is 2.07. The third-order valence-corrected chi connectivity index (χ3v) is 3.24. The third-order valence-electron chi connectivity index (χ3n) is 1.95. The molecule has 0 spiro atoms. The van der Waals surface area contributed by atoms with Crippen LogP contribution in [0.2, 0.25) is 0 Å². The molecule has 0 radical (unpaired) electrons. The van der Waals surface area contributed by atoms with Gasteiger partial charge < -0.3 is 14.3 Å². The van der Waals surface area contributed by atoms with Crippen LogP contribution in [-0.2, 0) is 9.53 Å². The Morgan fingerprint density at radius 2 is 2.44 bits per heavy atom. The standard InChI is InChI=1S/C11H16O4S/c1-3-14-11(13)6-9(12)7-16-10-4-5-15-8(10)2/h4-5,9,12H,3,6-7H2,1-2H3. The second-order valence-electron chi connectivity index (χ2n) is 3.32. The molecule has 0 aliphatic heterocycles. The first-order valence-corrected chi connectivity index (χ1v) is 6.12. The van der Waals surface area contributed by atoms with Gasteiger partial charge in [0.2, 0.25) is 0 Å². The Morgan fingerprint density at radius 1 is 1.69 bits per heavy atom. The Balaban J connectivity index is 2.27. The highest BCUT2D eigenvalue weighted by Crippen LogP contribution is 2.24. The van der Waals surface area contributed by atoms with Crippen molar-refractivity contribution in [3.63, 3.8) is 0 Å². The van der Waals surface area contributed by atoms with Crippen LogP contribution >= 0.6 is 11.8 Å². The van der Waals surface area contributed by atoms with Crippen LogP contribution in [0.4, 0.5) is 0 Å². The zero-order valence-corrected chi connectivity index (χ0v) is 10.3. The molecule has 0 aromatic carbocycles. The highest BCUT2D eigenvalue weighted by atomic mass is 32.2. The Morgan fingerprint density at radius 3 is 3.00 bits per heavy atom. The predicted molar refractivity (Wildman–Crippen MR) is 61.4 cm³/mol. The summed E-state index contributed by atoms with van der Waals surface area (Å²) in [6.45, 7) is 3.95. The van der Waals surface area contributed by atoms with Gasteiger partial charge in [-0.25, -0.2) is 0 Å². The maximum Gasteiger partial charge on any atom is 0.308 e. The van der Waals surface area contributed by atoms with Crippen LogP contribution in [0, 0.1) is 6.92 Å². The van der Waals surface area contributed by atoms with Crippen LogP contribution in [0.3, 0.4) is 0 Å². The van der Waals surface area contributed by atoms with Gasteiger partial charge in [0, 0.05) is 10.6 Å². The summed E-state index contributed by atoms with van der Waals surface area (Å²) in [6, 6.07) is 1.84. The highest BCUT2D eigenvalue weighted by molar-refractivity contribution is 7.99. The topological polar surface area (TPSA) is 59.7 Å². The zero-order chi connectivity index (χ0) is 12.0. The highest BCUT2D eigenvalue weighted by Gasteiger charge is 2.13. The summed E-state index contributed by atoms with van der Waals surface area (Å²) in [5.74, 6) is 0.923. The quantitative estimate of drug-likeness (QED) is 0.612. The number of carbonyl (C=O) groups is 1. The fourth-order valence-electron chi connectivity index (χ4n) is 1.18. The van der Waals surface area contributed by atoms with Crippen molar-refractivity contribution in [2.45, 2.75) is 31.3 Å². The summed E-state index contributed by atoms with van der Waals surface area (Å²) in [5.41, 5.74) is 0. The van der Waals surface area contributed by atoms with E-state index in [2.05, 4.69) is 0 Å². The van der Waals surface area contributed by atoms with Crippen LogP contribution in [0.15, 0.2) is 21.6 Å². The molecule has 1 N–H and O–H groups in total. The van der Waals surface area contributed by atoms with Crippen molar-refractivity contribution >= 4 is 17.7 Å². The summed E-state index contributed by atoms with van der Waals surface area (Å²) in [7, 11) is 0. The molecule has 1 unspecified atom stereocenters. The lowest BCUT2D eigenvalue weighted by atomic mass is 10.3. The average Bonchev–Trinajstić information content (AvgIpc) is 2.61. The maximum atomic E-state index is 11.1. The van der Waals surface area contributed by atoms with E-state index in [1.165, 1.54) is 11.8 Å². The Bertz CT molecular complexity index is 334. The summed E-state index contributed by atoms with van der Waals surface area (Å²) in [6.07, 6.45) is 0.964. The van der Waals surface area contributed by atoms with Crippen molar-refractivity contribution in [3.8, 4) is 0 Å². The number of aliphatic hydroxyl groups excluding tert-OH is 1. The molecule has 4 nitrogen and oxygen atoms in total. The zero-order valence-electron chi connectivity index (χ0n) is 9.43. The molecular weight excluding hydrogens is 228 g/mol. The normalized spacial score (nSPS) is 12.4. The minimum absolute atomic E-state index is 0.0394. The van der Waals surface area contributed by atoms with Crippen LogP contribution in [0.5, 0.6) is 0 Å². The van der Waals surface area contributed by atoms with Gasteiger partial charge in [0.1, 0.15) is 5.76 Å². The third kappa shape index (κ3) is 4.28. The van der Waals surface area contributed by atoms with Crippen molar-refractivity contribution in [1.82, 2.24) is 0 Å². The van der Waals surface area contributed by atoms with Crippen LogP contribution in [0.1, 0.15) is 19.1 Å². The number of furan rings is 1. The lowest BCUT2D eigenvalue weighted by Crippen LogP contribution is -2.17. The number of aliphatic hydroxyl groups is 1. The molecule has 1 aromatic heterocycles. The van der Waals surface area contributed by atoms with Gasteiger partial charge in [-0.2, -0.15) is 0 Å². The monoisotopic (exact) mass is 244 g/mol. The lowest BCUT2D eigenvalue weighted by Gasteiger charge is -2.08. The van der Waals surface area contributed by atoms with Gasteiger partial charge >= 0.3 is 5.97 Å². The van der Waals surface area contributed by atoms with E-state index in [0.717, 1.165) is 10.7 Å². The van der Waals surface area contributed by atoms with Crippen LogP contribution < -0.4 is 0 Å². The number of rotatable bonds is 6. The molecule has 0 fully saturated rings. The van der Waals surface area contributed by atoms with Gasteiger partial charge in [-0.05, 0) is 19.9 Å². The second-order valence-corrected chi connectivity index (χ2v) is 4.38. The Hall–Kier alpha value is -0.940. The average molecular weight is 244 g/mol. The molecule has 0 bridgehead atoms. The number of aryl methyl sites for hydroxylation is 1. The number of carbonyl (C=O) groups excluding carboxylic acids is 1. The SMILES string of the molecule is CCOC(=O)CC(O)CSc1ccoc1C. The van der Waals surface area contributed by atoms with E-state index in [9.17, 15) is 9.90 Å². The van der Waals surface area contributed by atoms with Crippen molar-refractivity contribution in [1.29, 1.82) is 0 Å². The first-order valence-electron chi connectivity index (χ1n) is 5.14. The molecule has 1 aromatic rings. The van der Waals surface area contributed by atoms with E-state index in [1.54, 1.807) is 13.2 Å². The second kappa shape index (κ2) is 6.60. The first-order chi connectivity index (χ1) is 7.63. The van der Waals surface area contributed by atoms with Gasteiger partial charge in [0.15, 0.2) is 0 Å². The largest absolute Gasteiger partial charge is 0.468 e.